The van der Waals surface area contributed by atoms with E-state index in [2.05, 4.69) is 19.8 Å². The van der Waals surface area contributed by atoms with Gasteiger partial charge in [-0.15, -0.1) is 3.74 Å². The maximum atomic E-state index is 10.8. The van der Waals surface area contributed by atoms with Gasteiger partial charge in [-0.05, 0) is 31.2 Å². The normalized spacial score (nSPS) is 12.6. The number of hydrogen-bond donors (Lipinski definition) is 0. The molecule has 0 aliphatic rings. The number of benzene rings is 1. The molecule has 0 fully saturated rings. The first-order chi connectivity index (χ1) is 7.43. The van der Waals surface area contributed by atoms with E-state index < -0.39 is 16.7 Å². The van der Waals surface area contributed by atoms with Crippen LogP contribution in [-0.4, -0.2) is 14.7 Å². The minimum absolute atomic E-state index is 0. The molecule has 0 N–H and O–H groups in total. The van der Waals surface area contributed by atoms with Crippen LogP contribution in [0.2, 0.25) is 5.02 Å². The van der Waals surface area contributed by atoms with Crippen molar-refractivity contribution in [1.29, 1.82) is 0 Å². The first-order valence-corrected chi connectivity index (χ1v) is 6.10. The molecule has 0 amide bonds. The third kappa shape index (κ3) is 6.83. The number of halogens is 2. The van der Waals surface area contributed by atoms with E-state index in [1.165, 1.54) is 6.92 Å². The number of hydrogen-bond acceptors (Lipinski definition) is 5. The molecule has 0 saturated carbocycles. The predicted octanol–water partition coefficient (Wildman–Crippen LogP) is -0.387. The Morgan fingerprint density at radius 1 is 1.29 bits per heavy atom. The van der Waals surface area contributed by atoms with Crippen molar-refractivity contribution >= 4 is 33.9 Å². The molecule has 1 aromatic rings. The maximum absolute atomic E-state index is 10.8. The van der Waals surface area contributed by atoms with Gasteiger partial charge < -0.3 is 6.16 Å². The predicted molar refractivity (Wildman–Crippen MR) is 59.6 cm³/mol. The average Bonchev–Trinajstić information content (AvgIpc) is 2.21. The third-order valence-corrected chi connectivity index (χ3v) is 2.82. The van der Waals surface area contributed by atoms with E-state index in [0.717, 1.165) is 0 Å². The van der Waals surface area contributed by atoms with Gasteiger partial charge in [0.05, 0.1) is 11.9 Å². The van der Waals surface area contributed by atoms with Gasteiger partial charge in [0, 0.05) is 5.02 Å². The van der Waals surface area contributed by atoms with Crippen molar-refractivity contribution in [3.05, 3.63) is 29.3 Å². The van der Waals surface area contributed by atoms with E-state index >= 15 is 0 Å². The van der Waals surface area contributed by atoms with Crippen molar-refractivity contribution in [3.8, 4) is 5.75 Å². The SMILES string of the molecule is CC(Oc1ccc(Cl)cc1)OS(=O)(=O)OCl.[H-].[Na+]. The Labute approximate surface area is 133 Å². The smallest absolute Gasteiger partial charge is 1.00 e. The summed E-state index contributed by atoms with van der Waals surface area (Å²) in [6.07, 6.45) is -1.06. The van der Waals surface area contributed by atoms with E-state index in [-0.39, 0.29) is 31.0 Å². The van der Waals surface area contributed by atoms with E-state index in [0.29, 0.717) is 10.8 Å². The van der Waals surface area contributed by atoms with Gasteiger partial charge in [0.2, 0.25) is 6.29 Å². The van der Waals surface area contributed by atoms with Crippen LogP contribution in [0, 0.1) is 0 Å². The van der Waals surface area contributed by atoms with Crippen molar-refractivity contribution in [1.82, 2.24) is 0 Å². The van der Waals surface area contributed by atoms with E-state index in [1.54, 1.807) is 24.3 Å². The molecule has 1 aromatic carbocycles. The zero-order chi connectivity index (χ0) is 12.2. The molecule has 0 bridgehead atoms. The second-order valence-electron chi connectivity index (χ2n) is 2.71. The molecule has 0 radical (unpaired) electrons. The van der Waals surface area contributed by atoms with Gasteiger partial charge in [-0.1, -0.05) is 11.6 Å². The second kappa shape index (κ2) is 7.81. The summed E-state index contributed by atoms with van der Waals surface area (Å²) in [6.45, 7) is 1.38. The quantitative estimate of drug-likeness (QED) is 0.548. The van der Waals surface area contributed by atoms with Crippen molar-refractivity contribution in [3.63, 3.8) is 0 Å². The van der Waals surface area contributed by atoms with Crippen LogP contribution in [0.15, 0.2) is 24.3 Å². The Hall–Kier alpha value is 0.470. The zero-order valence-corrected chi connectivity index (χ0v) is 13.4. The fraction of sp³-hybridized carbons (Fsp3) is 0.250. The second-order valence-corrected chi connectivity index (χ2v) is 4.66. The van der Waals surface area contributed by atoms with Crippen LogP contribution in [0.1, 0.15) is 8.35 Å². The minimum Gasteiger partial charge on any atom is -1.00 e. The van der Waals surface area contributed by atoms with Crippen LogP contribution in [-0.2, 0) is 18.3 Å². The fourth-order valence-corrected chi connectivity index (χ4v) is 1.52. The van der Waals surface area contributed by atoms with Crippen molar-refractivity contribution < 1.29 is 52.1 Å². The molecule has 0 heterocycles. The van der Waals surface area contributed by atoms with Crippen LogP contribution in [0.5, 0.6) is 5.75 Å². The van der Waals surface area contributed by atoms with E-state index in [9.17, 15) is 8.42 Å². The Morgan fingerprint density at radius 3 is 2.29 bits per heavy atom. The Balaban J connectivity index is 0. The van der Waals surface area contributed by atoms with Crippen LogP contribution in [0.4, 0.5) is 0 Å². The molecule has 17 heavy (non-hydrogen) atoms. The van der Waals surface area contributed by atoms with Crippen LogP contribution in [0.3, 0.4) is 0 Å². The minimum atomic E-state index is -4.23. The van der Waals surface area contributed by atoms with Crippen molar-refractivity contribution in [2.24, 2.45) is 0 Å². The zero-order valence-electron chi connectivity index (χ0n) is 10.1. The molecule has 1 unspecified atom stereocenters. The van der Waals surface area contributed by atoms with Gasteiger partial charge in [-0.2, -0.15) is 8.42 Å². The van der Waals surface area contributed by atoms with Crippen LogP contribution < -0.4 is 34.3 Å². The molecule has 1 rings (SSSR count). The van der Waals surface area contributed by atoms with Crippen molar-refractivity contribution in [2.75, 3.05) is 0 Å². The van der Waals surface area contributed by atoms with Crippen LogP contribution in [0.25, 0.3) is 0 Å². The molecule has 0 aromatic heterocycles. The summed E-state index contributed by atoms with van der Waals surface area (Å²) < 4.78 is 34.6. The van der Waals surface area contributed by atoms with E-state index in [4.69, 9.17) is 16.3 Å². The van der Waals surface area contributed by atoms with Gasteiger partial charge in [0.25, 0.3) is 0 Å². The molecule has 0 aliphatic carbocycles. The summed E-state index contributed by atoms with van der Waals surface area (Å²) in [4.78, 5) is 0. The molecule has 0 spiro atoms. The molecule has 1 atom stereocenters. The van der Waals surface area contributed by atoms with Gasteiger partial charge in [0.15, 0.2) is 0 Å². The molecule has 9 heteroatoms. The standard InChI is InChI=1S/C8H8Cl2O5S.Na.H/c1-6(14-16(11,12)15-10)13-8-4-2-7(9)3-5-8;;/h2-6H,1H3;;/q;+1;-1. The molecular formula is C8H9Cl2NaO5S. The summed E-state index contributed by atoms with van der Waals surface area (Å²) in [5.41, 5.74) is 0. The fourth-order valence-electron chi connectivity index (χ4n) is 0.905. The van der Waals surface area contributed by atoms with Gasteiger partial charge in [-0.3, -0.25) is 0 Å². The first-order valence-electron chi connectivity index (χ1n) is 4.08. The molecule has 0 aliphatic heterocycles. The summed E-state index contributed by atoms with van der Waals surface area (Å²) >= 11 is 10.3. The Bertz CT molecular complexity index is 441. The summed E-state index contributed by atoms with van der Waals surface area (Å²) in [5.74, 6) is 0.404. The maximum Gasteiger partial charge on any atom is 1.00 e. The monoisotopic (exact) mass is 310 g/mol. The van der Waals surface area contributed by atoms with E-state index in [1.807, 2.05) is 0 Å². The van der Waals surface area contributed by atoms with Gasteiger partial charge >= 0.3 is 40.0 Å². The Morgan fingerprint density at radius 2 is 1.82 bits per heavy atom. The molecule has 5 nitrogen and oxygen atoms in total. The molecule has 92 valence electrons. The summed E-state index contributed by atoms with van der Waals surface area (Å²) in [7, 11) is -4.23. The van der Waals surface area contributed by atoms with Crippen molar-refractivity contribution in [2.45, 2.75) is 13.2 Å². The number of rotatable bonds is 5. The largest absolute Gasteiger partial charge is 1.00 e. The third-order valence-electron chi connectivity index (χ3n) is 1.45. The Kier molecular flexibility index (Phi) is 8.02. The summed E-state index contributed by atoms with van der Waals surface area (Å²) in [6, 6.07) is 6.32. The van der Waals surface area contributed by atoms with Gasteiger partial charge in [0.1, 0.15) is 5.75 Å². The number of ether oxygens (including phenoxy) is 1. The first kappa shape index (κ1) is 17.5. The molecule has 0 saturated heterocycles. The molecular weight excluding hydrogens is 302 g/mol. The topological polar surface area (TPSA) is 61.8 Å². The van der Waals surface area contributed by atoms with Gasteiger partial charge in [-0.25, -0.2) is 4.18 Å². The van der Waals surface area contributed by atoms with Crippen LogP contribution >= 0.6 is 23.5 Å². The summed E-state index contributed by atoms with van der Waals surface area (Å²) in [5, 5.41) is 0.539. The average molecular weight is 311 g/mol.